The van der Waals surface area contributed by atoms with Gasteiger partial charge in [0, 0.05) is 36.9 Å². The summed E-state index contributed by atoms with van der Waals surface area (Å²) in [4.78, 5) is 51.9. The first kappa shape index (κ1) is 23.5. The lowest BCUT2D eigenvalue weighted by atomic mass is 10.0. The van der Waals surface area contributed by atoms with Crippen molar-refractivity contribution in [2.45, 2.75) is 31.8 Å². The predicted molar refractivity (Wildman–Crippen MR) is 124 cm³/mol. The standard InChI is InChI=1S/C24H27N5O4/c1-15(30)28-20(11-16-7-3-2-4-8-16)24(33)29-21(23(32)27-14-22(25)31)12-17-13-26-19-10-6-5-9-18(17)19/h2-10,13,20-21,26H,11-12,14H2,1H3,(H2,25,31)(H,27,32)(H,28,30)(H,29,33)/t20-,21+/m0/s1. The number of aromatic nitrogens is 1. The molecule has 0 aliphatic rings. The number of H-pyrrole nitrogens is 1. The zero-order chi connectivity index (χ0) is 23.8. The first-order chi connectivity index (χ1) is 15.8. The van der Waals surface area contributed by atoms with E-state index in [-0.39, 0.29) is 25.3 Å². The normalized spacial score (nSPS) is 12.5. The third-order valence-corrected chi connectivity index (χ3v) is 5.15. The fraction of sp³-hybridized carbons (Fsp3) is 0.250. The zero-order valence-corrected chi connectivity index (χ0v) is 18.3. The SMILES string of the molecule is CC(=O)N[C@@H](Cc1ccccc1)C(=O)N[C@H](Cc1c[nH]c2ccccc12)C(=O)NCC(N)=O. The second kappa shape index (κ2) is 10.9. The molecule has 6 N–H and O–H groups in total. The van der Waals surface area contributed by atoms with Crippen molar-refractivity contribution in [2.24, 2.45) is 5.73 Å². The fourth-order valence-corrected chi connectivity index (χ4v) is 3.60. The largest absolute Gasteiger partial charge is 0.368 e. The van der Waals surface area contributed by atoms with Crippen LogP contribution in [0.1, 0.15) is 18.1 Å². The number of rotatable bonds is 10. The number of hydrogen-bond acceptors (Lipinski definition) is 4. The Kier molecular flexibility index (Phi) is 7.80. The molecule has 0 radical (unpaired) electrons. The Hall–Kier alpha value is -4.14. The minimum atomic E-state index is -0.983. The van der Waals surface area contributed by atoms with Gasteiger partial charge >= 0.3 is 0 Å². The first-order valence-electron chi connectivity index (χ1n) is 10.6. The molecule has 33 heavy (non-hydrogen) atoms. The molecular weight excluding hydrogens is 422 g/mol. The Labute approximate surface area is 191 Å². The molecule has 1 heterocycles. The lowest BCUT2D eigenvalue weighted by Gasteiger charge is -2.23. The van der Waals surface area contributed by atoms with Crippen LogP contribution < -0.4 is 21.7 Å². The van der Waals surface area contributed by atoms with Crippen molar-refractivity contribution in [1.29, 1.82) is 0 Å². The Morgan fingerprint density at radius 1 is 0.879 bits per heavy atom. The molecule has 3 aromatic rings. The molecule has 9 heteroatoms. The lowest BCUT2D eigenvalue weighted by Crippen LogP contribution is -2.55. The van der Waals surface area contributed by atoms with Crippen LogP contribution in [-0.4, -0.2) is 47.2 Å². The number of aromatic amines is 1. The van der Waals surface area contributed by atoms with Crippen molar-refractivity contribution in [3.8, 4) is 0 Å². The molecule has 0 aliphatic heterocycles. The summed E-state index contributed by atoms with van der Waals surface area (Å²) >= 11 is 0. The van der Waals surface area contributed by atoms with Crippen LogP contribution in [0.3, 0.4) is 0 Å². The van der Waals surface area contributed by atoms with Gasteiger partial charge in [0.15, 0.2) is 0 Å². The van der Waals surface area contributed by atoms with E-state index in [2.05, 4.69) is 20.9 Å². The van der Waals surface area contributed by atoms with Crippen LogP contribution in [0.25, 0.3) is 10.9 Å². The predicted octanol–water partition coefficient (Wildman–Crippen LogP) is 0.544. The van der Waals surface area contributed by atoms with E-state index in [1.807, 2.05) is 54.6 Å². The smallest absolute Gasteiger partial charge is 0.243 e. The molecule has 0 unspecified atom stereocenters. The Bertz CT molecular complexity index is 1140. The van der Waals surface area contributed by atoms with Gasteiger partial charge in [-0.05, 0) is 17.2 Å². The quantitative estimate of drug-likeness (QED) is 0.307. The first-order valence-corrected chi connectivity index (χ1v) is 10.6. The highest BCUT2D eigenvalue weighted by molar-refractivity contribution is 5.94. The number of nitrogens with one attached hydrogen (secondary N) is 4. The van der Waals surface area contributed by atoms with Gasteiger partial charge in [-0.2, -0.15) is 0 Å². The molecule has 0 aliphatic carbocycles. The maximum Gasteiger partial charge on any atom is 0.243 e. The number of para-hydroxylation sites is 1. The average molecular weight is 450 g/mol. The summed E-state index contributed by atoms with van der Waals surface area (Å²) in [6.45, 7) is 0.979. The van der Waals surface area contributed by atoms with E-state index in [1.54, 1.807) is 6.20 Å². The Morgan fingerprint density at radius 3 is 2.24 bits per heavy atom. The van der Waals surface area contributed by atoms with Crippen LogP contribution >= 0.6 is 0 Å². The van der Waals surface area contributed by atoms with Crippen LogP contribution in [0, 0.1) is 0 Å². The van der Waals surface area contributed by atoms with Crippen LogP contribution in [0.5, 0.6) is 0 Å². The summed E-state index contributed by atoms with van der Waals surface area (Å²) in [5, 5.41) is 8.76. The number of carbonyl (C=O) groups excluding carboxylic acids is 4. The second-order valence-corrected chi connectivity index (χ2v) is 7.75. The zero-order valence-electron chi connectivity index (χ0n) is 18.3. The van der Waals surface area contributed by atoms with Crippen molar-refractivity contribution in [3.05, 3.63) is 71.9 Å². The van der Waals surface area contributed by atoms with E-state index in [0.717, 1.165) is 22.0 Å². The molecule has 4 amide bonds. The number of hydrogen-bond donors (Lipinski definition) is 5. The van der Waals surface area contributed by atoms with Crippen LogP contribution in [0.15, 0.2) is 60.8 Å². The lowest BCUT2D eigenvalue weighted by molar-refractivity contribution is -0.132. The monoisotopic (exact) mass is 449 g/mol. The van der Waals surface area contributed by atoms with Gasteiger partial charge in [0.2, 0.25) is 23.6 Å². The van der Waals surface area contributed by atoms with Gasteiger partial charge < -0.3 is 26.7 Å². The highest BCUT2D eigenvalue weighted by atomic mass is 16.2. The third-order valence-electron chi connectivity index (χ3n) is 5.15. The van der Waals surface area contributed by atoms with E-state index < -0.39 is 29.8 Å². The highest BCUT2D eigenvalue weighted by Gasteiger charge is 2.27. The summed E-state index contributed by atoms with van der Waals surface area (Å²) < 4.78 is 0. The Balaban J connectivity index is 1.81. The molecule has 0 saturated heterocycles. The second-order valence-electron chi connectivity index (χ2n) is 7.75. The van der Waals surface area contributed by atoms with Gasteiger partial charge in [0.25, 0.3) is 0 Å². The molecule has 172 valence electrons. The van der Waals surface area contributed by atoms with Crippen molar-refractivity contribution in [3.63, 3.8) is 0 Å². The van der Waals surface area contributed by atoms with Crippen molar-refractivity contribution in [2.75, 3.05) is 6.54 Å². The number of carbonyl (C=O) groups is 4. The summed E-state index contributed by atoms with van der Waals surface area (Å²) in [7, 11) is 0. The van der Waals surface area contributed by atoms with E-state index in [9.17, 15) is 19.2 Å². The third kappa shape index (κ3) is 6.67. The molecular formula is C24H27N5O4. The molecule has 1 aromatic heterocycles. The van der Waals surface area contributed by atoms with Crippen LogP contribution in [0.4, 0.5) is 0 Å². The van der Waals surface area contributed by atoms with Gasteiger partial charge in [-0.3, -0.25) is 19.2 Å². The highest BCUT2D eigenvalue weighted by Crippen LogP contribution is 2.19. The number of primary amides is 1. The van der Waals surface area contributed by atoms with Crippen LogP contribution in [-0.2, 0) is 32.0 Å². The van der Waals surface area contributed by atoms with Gasteiger partial charge in [0.1, 0.15) is 12.1 Å². The van der Waals surface area contributed by atoms with E-state index in [4.69, 9.17) is 5.73 Å². The number of nitrogens with two attached hydrogens (primary N) is 1. The molecule has 0 spiro atoms. The molecule has 2 aromatic carbocycles. The van der Waals surface area contributed by atoms with E-state index in [0.29, 0.717) is 0 Å². The van der Waals surface area contributed by atoms with Gasteiger partial charge in [-0.1, -0.05) is 48.5 Å². The number of amides is 4. The number of benzene rings is 2. The van der Waals surface area contributed by atoms with E-state index in [1.165, 1.54) is 6.92 Å². The minimum absolute atomic E-state index is 0.179. The molecule has 0 saturated carbocycles. The summed E-state index contributed by atoms with van der Waals surface area (Å²) in [5.74, 6) is -2.11. The molecule has 2 atom stereocenters. The fourth-order valence-electron chi connectivity index (χ4n) is 3.60. The van der Waals surface area contributed by atoms with Crippen molar-refractivity contribution in [1.82, 2.24) is 20.9 Å². The summed E-state index contributed by atoms with van der Waals surface area (Å²) in [6, 6.07) is 15.0. The van der Waals surface area contributed by atoms with Gasteiger partial charge in [-0.25, -0.2) is 0 Å². The Morgan fingerprint density at radius 2 is 1.55 bits per heavy atom. The summed E-state index contributed by atoms with van der Waals surface area (Å²) in [6.07, 6.45) is 2.22. The molecule has 3 rings (SSSR count). The van der Waals surface area contributed by atoms with Gasteiger partial charge in [-0.15, -0.1) is 0 Å². The van der Waals surface area contributed by atoms with Gasteiger partial charge in [0.05, 0.1) is 6.54 Å². The van der Waals surface area contributed by atoms with Crippen molar-refractivity contribution >= 4 is 34.5 Å². The molecule has 0 fully saturated rings. The average Bonchev–Trinajstić information content (AvgIpc) is 3.19. The molecule has 0 bridgehead atoms. The topological polar surface area (TPSA) is 146 Å². The maximum absolute atomic E-state index is 13.1. The van der Waals surface area contributed by atoms with Crippen molar-refractivity contribution < 1.29 is 19.2 Å². The van der Waals surface area contributed by atoms with E-state index >= 15 is 0 Å². The summed E-state index contributed by atoms with van der Waals surface area (Å²) in [5.41, 5.74) is 7.73. The maximum atomic E-state index is 13.1. The minimum Gasteiger partial charge on any atom is -0.368 e. The van der Waals surface area contributed by atoms with Crippen LogP contribution in [0.2, 0.25) is 0 Å². The number of fused-ring (bicyclic) bond motifs is 1. The molecule has 9 nitrogen and oxygen atoms in total.